The van der Waals surface area contributed by atoms with Crippen LogP contribution in [0.15, 0.2) is 0 Å². The summed E-state index contributed by atoms with van der Waals surface area (Å²) in [5, 5.41) is -0.311. The molecule has 0 aliphatic rings. The molecular weight excluding hydrogens is 239 g/mol. The minimum Gasteiger partial charge on any atom is -0.307 e. The first-order valence-electron chi connectivity index (χ1n) is 4.28. The van der Waals surface area contributed by atoms with Crippen LogP contribution in [0.1, 0.15) is 20.3 Å². The molecule has 15 heavy (non-hydrogen) atoms. The monoisotopic (exact) mass is 254 g/mol. The maximum absolute atomic E-state index is 11.6. The zero-order valence-electron chi connectivity index (χ0n) is 9.18. The molecule has 0 rings (SSSR count). The van der Waals surface area contributed by atoms with E-state index in [9.17, 15) is 14.2 Å². The van der Waals surface area contributed by atoms with E-state index in [0.29, 0.717) is 0 Å². The Morgan fingerprint density at radius 1 is 1.33 bits per heavy atom. The molecule has 7 heteroatoms. The molecule has 0 aromatic heterocycles. The molecule has 0 amide bonds. The van der Waals surface area contributed by atoms with Gasteiger partial charge in [-0.2, -0.15) is 0 Å². The maximum Gasteiger partial charge on any atom is 0.396 e. The second-order valence-corrected chi connectivity index (χ2v) is 6.72. The van der Waals surface area contributed by atoms with Crippen LogP contribution in [-0.4, -0.2) is 30.1 Å². The minimum atomic E-state index is -3.63. The van der Waals surface area contributed by atoms with Gasteiger partial charge < -0.3 is 9.05 Å². The predicted molar refractivity (Wildman–Crippen MR) is 59.0 cm³/mol. The molecule has 0 heterocycles. The summed E-state index contributed by atoms with van der Waals surface area (Å²) < 4.78 is 20.7. The number of rotatable bonds is 6. The van der Waals surface area contributed by atoms with Crippen LogP contribution in [0.25, 0.3) is 0 Å². The molecule has 0 bridgehead atoms. The lowest BCUT2D eigenvalue weighted by atomic mass is 10.4. The SMILES string of the molecule is COP(=O)(OC)C(=O)CC(C)SC(C)=O. The third-order valence-corrected chi connectivity index (χ3v) is 4.27. The van der Waals surface area contributed by atoms with Crippen molar-refractivity contribution in [2.45, 2.75) is 25.5 Å². The predicted octanol–water partition coefficient (Wildman–Crippen LogP) is 2.06. The summed E-state index contributed by atoms with van der Waals surface area (Å²) in [4.78, 5) is 22.2. The first kappa shape index (κ1) is 14.8. The van der Waals surface area contributed by atoms with Gasteiger partial charge in [0.25, 0.3) is 0 Å². The van der Waals surface area contributed by atoms with Crippen molar-refractivity contribution in [3.8, 4) is 0 Å². The van der Waals surface area contributed by atoms with Crippen molar-refractivity contribution < 1.29 is 23.2 Å². The van der Waals surface area contributed by atoms with Gasteiger partial charge in [-0.1, -0.05) is 18.7 Å². The van der Waals surface area contributed by atoms with Crippen LogP contribution < -0.4 is 0 Å². The van der Waals surface area contributed by atoms with Crippen molar-refractivity contribution in [3.63, 3.8) is 0 Å². The lowest BCUT2D eigenvalue weighted by Crippen LogP contribution is -2.11. The van der Waals surface area contributed by atoms with E-state index in [2.05, 4.69) is 9.05 Å². The van der Waals surface area contributed by atoms with Crippen LogP contribution in [0.2, 0.25) is 0 Å². The van der Waals surface area contributed by atoms with Gasteiger partial charge in [-0.05, 0) is 0 Å². The molecule has 88 valence electrons. The number of carbonyl (C=O) groups excluding carboxylic acids is 2. The van der Waals surface area contributed by atoms with Crippen LogP contribution in [-0.2, 0) is 23.2 Å². The highest BCUT2D eigenvalue weighted by atomic mass is 32.2. The number of hydrogen-bond acceptors (Lipinski definition) is 6. The van der Waals surface area contributed by atoms with Crippen molar-refractivity contribution in [3.05, 3.63) is 0 Å². The van der Waals surface area contributed by atoms with E-state index in [1.807, 2.05) is 0 Å². The van der Waals surface area contributed by atoms with Crippen LogP contribution in [0, 0.1) is 0 Å². The maximum atomic E-state index is 11.6. The van der Waals surface area contributed by atoms with Crippen molar-refractivity contribution >= 4 is 30.0 Å². The quantitative estimate of drug-likeness (QED) is 0.676. The highest BCUT2D eigenvalue weighted by Crippen LogP contribution is 2.48. The van der Waals surface area contributed by atoms with E-state index in [4.69, 9.17) is 0 Å². The molecule has 0 aliphatic heterocycles. The van der Waals surface area contributed by atoms with Gasteiger partial charge in [-0.25, -0.2) is 0 Å². The Morgan fingerprint density at radius 3 is 2.13 bits per heavy atom. The molecule has 1 atom stereocenters. The smallest absolute Gasteiger partial charge is 0.307 e. The van der Waals surface area contributed by atoms with Crippen molar-refractivity contribution in [2.24, 2.45) is 0 Å². The lowest BCUT2D eigenvalue weighted by Gasteiger charge is -2.14. The molecule has 0 aromatic rings. The van der Waals surface area contributed by atoms with Gasteiger partial charge in [0, 0.05) is 32.8 Å². The Bertz CT molecular complexity index is 283. The van der Waals surface area contributed by atoms with Gasteiger partial charge in [0.2, 0.25) is 5.52 Å². The summed E-state index contributed by atoms with van der Waals surface area (Å²) in [6.07, 6.45) is -0.0107. The number of carbonyl (C=O) groups is 2. The van der Waals surface area contributed by atoms with Gasteiger partial charge in [-0.3, -0.25) is 14.2 Å². The molecule has 1 unspecified atom stereocenters. The van der Waals surface area contributed by atoms with E-state index in [1.54, 1.807) is 6.92 Å². The summed E-state index contributed by atoms with van der Waals surface area (Å²) in [6, 6.07) is 0. The Labute approximate surface area is 93.4 Å². The highest BCUT2D eigenvalue weighted by Gasteiger charge is 2.33. The van der Waals surface area contributed by atoms with Crippen LogP contribution in [0.4, 0.5) is 0 Å². The van der Waals surface area contributed by atoms with Crippen LogP contribution >= 0.6 is 19.4 Å². The van der Waals surface area contributed by atoms with Crippen molar-refractivity contribution in [1.29, 1.82) is 0 Å². The summed E-state index contributed by atoms with van der Waals surface area (Å²) in [5.74, 6) is 0. The van der Waals surface area contributed by atoms with Crippen LogP contribution in [0.3, 0.4) is 0 Å². The van der Waals surface area contributed by atoms with E-state index in [1.165, 1.54) is 6.92 Å². The second kappa shape index (κ2) is 6.43. The molecule has 0 N–H and O–H groups in total. The first-order valence-corrected chi connectivity index (χ1v) is 6.70. The summed E-state index contributed by atoms with van der Waals surface area (Å²) in [5.41, 5.74) is -0.603. The molecular formula is C8H15O5PS. The third-order valence-electron chi connectivity index (χ3n) is 1.62. The van der Waals surface area contributed by atoms with Gasteiger partial charge >= 0.3 is 7.60 Å². The normalized spacial score (nSPS) is 13.6. The third kappa shape index (κ3) is 4.93. The summed E-state index contributed by atoms with van der Waals surface area (Å²) in [7, 11) is -1.32. The second-order valence-electron chi connectivity index (χ2n) is 2.88. The fourth-order valence-electron chi connectivity index (χ4n) is 0.961. The first-order chi connectivity index (χ1) is 6.85. The molecule has 0 radical (unpaired) electrons. The lowest BCUT2D eigenvalue weighted by molar-refractivity contribution is -0.113. The Hall–Kier alpha value is -0.160. The number of thioether (sulfide) groups is 1. The standard InChI is InChI=1S/C8H15O5PS/c1-6(15-7(2)9)5-8(10)14(11,12-3)13-4/h6H,5H2,1-4H3. The molecule has 0 fully saturated rings. The Kier molecular flexibility index (Phi) is 6.36. The van der Waals surface area contributed by atoms with Gasteiger partial charge in [-0.15, -0.1) is 0 Å². The zero-order chi connectivity index (χ0) is 12.1. The Morgan fingerprint density at radius 2 is 1.80 bits per heavy atom. The Balaban J connectivity index is 4.36. The number of hydrogen-bond donors (Lipinski definition) is 0. The summed E-state index contributed by atoms with van der Waals surface area (Å²) >= 11 is 1.03. The van der Waals surface area contributed by atoms with Gasteiger partial charge in [0.15, 0.2) is 5.12 Å². The largest absolute Gasteiger partial charge is 0.396 e. The fourth-order valence-corrected chi connectivity index (χ4v) is 2.94. The molecule has 0 aliphatic carbocycles. The average molecular weight is 254 g/mol. The molecule has 0 saturated carbocycles. The van der Waals surface area contributed by atoms with Crippen molar-refractivity contribution in [2.75, 3.05) is 14.2 Å². The topological polar surface area (TPSA) is 69.7 Å². The van der Waals surface area contributed by atoms with Gasteiger partial charge in [0.05, 0.1) is 0 Å². The van der Waals surface area contributed by atoms with Crippen LogP contribution in [0.5, 0.6) is 0 Å². The highest BCUT2D eigenvalue weighted by molar-refractivity contribution is 8.14. The fraction of sp³-hybridized carbons (Fsp3) is 0.750. The van der Waals surface area contributed by atoms with E-state index < -0.39 is 13.1 Å². The molecule has 0 spiro atoms. The van der Waals surface area contributed by atoms with E-state index in [0.717, 1.165) is 26.0 Å². The zero-order valence-corrected chi connectivity index (χ0v) is 10.9. The van der Waals surface area contributed by atoms with Gasteiger partial charge in [0.1, 0.15) is 0 Å². The average Bonchev–Trinajstić information content (AvgIpc) is 2.15. The minimum absolute atomic E-state index is 0.0107. The molecule has 0 aromatic carbocycles. The molecule has 5 nitrogen and oxygen atoms in total. The summed E-state index contributed by atoms with van der Waals surface area (Å²) in [6.45, 7) is 3.12. The molecule has 0 saturated heterocycles. The van der Waals surface area contributed by atoms with E-state index in [-0.39, 0.29) is 16.8 Å². The van der Waals surface area contributed by atoms with Crippen molar-refractivity contribution in [1.82, 2.24) is 0 Å². The van der Waals surface area contributed by atoms with E-state index >= 15 is 0 Å².